The van der Waals surface area contributed by atoms with Crippen LogP contribution in [0.2, 0.25) is 0 Å². The lowest BCUT2D eigenvalue weighted by Gasteiger charge is -2.13. The first-order valence-corrected chi connectivity index (χ1v) is 10.8. The minimum absolute atomic E-state index is 0.177. The Kier molecular flexibility index (Phi) is 7.28. The number of carbonyl (C=O) groups is 2. The van der Waals surface area contributed by atoms with Crippen LogP contribution in [0.15, 0.2) is 45.8 Å². The number of halogens is 1. The Morgan fingerprint density at radius 1 is 1.33 bits per heavy atom. The van der Waals surface area contributed by atoms with Crippen molar-refractivity contribution in [2.45, 2.75) is 18.8 Å². The summed E-state index contributed by atoms with van der Waals surface area (Å²) < 4.78 is 11.1. The van der Waals surface area contributed by atoms with Gasteiger partial charge in [-0.15, -0.1) is 0 Å². The van der Waals surface area contributed by atoms with Crippen LogP contribution in [0.3, 0.4) is 0 Å². The number of carboxylic acid groups (broad SMARTS) is 1. The highest BCUT2D eigenvalue weighted by molar-refractivity contribution is 9.10. The number of methoxy groups -OCH3 is 1. The molecule has 0 bridgehead atoms. The molecule has 1 fully saturated rings. The minimum Gasteiger partial charge on any atom is -0.493 e. The molecule has 1 amide bonds. The smallest absolute Gasteiger partial charge is 0.341 e. The highest BCUT2D eigenvalue weighted by Gasteiger charge is 2.27. The van der Waals surface area contributed by atoms with Crippen LogP contribution in [0, 0.1) is 0 Å². The number of anilines is 1. The molecule has 1 saturated heterocycles. The Morgan fingerprint density at radius 3 is 2.70 bits per heavy atom. The SMILES string of the molecule is CCc1ccc(N[C@@H]2NC(=O)/C(=C/c3cc(Br)c(OCC(=O)O)c(OC)c3)S2)cc1. The van der Waals surface area contributed by atoms with Gasteiger partial charge < -0.3 is 25.2 Å². The molecular formula is C21H21BrN2O5S. The van der Waals surface area contributed by atoms with Crippen molar-refractivity contribution in [3.8, 4) is 11.5 Å². The lowest BCUT2D eigenvalue weighted by molar-refractivity contribution is -0.139. The monoisotopic (exact) mass is 492 g/mol. The quantitative estimate of drug-likeness (QED) is 0.477. The van der Waals surface area contributed by atoms with Gasteiger partial charge in [-0.3, -0.25) is 4.79 Å². The van der Waals surface area contributed by atoms with Gasteiger partial charge >= 0.3 is 5.97 Å². The Hall–Kier alpha value is -2.65. The van der Waals surface area contributed by atoms with E-state index in [-0.39, 0.29) is 11.4 Å². The second-order valence-corrected chi connectivity index (χ2v) is 8.39. The molecule has 1 aliphatic heterocycles. The van der Waals surface area contributed by atoms with Gasteiger partial charge in [0, 0.05) is 5.69 Å². The lowest BCUT2D eigenvalue weighted by atomic mass is 10.1. The summed E-state index contributed by atoms with van der Waals surface area (Å²) in [7, 11) is 1.47. The number of hydrogen-bond donors (Lipinski definition) is 3. The van der Waals surface area contributed by atoms with Gasteiger partial charge in [0.25, 0.3) is 5.91 Å². The number of nitrogens with one attached hydrogen (secondary N) is 2. The summed E-state index contributed by atoms with van der Waals surface area (Å²) in [4.78, 5) is 23.7. The predicted molar refractivity (Wildman–Crippen MR) is 121 cm³/mol. The Labute approximate surface area is 187 Å². The van der Waals surface area contributed by atoms with E-state index >= 15 is 0 Å². The summed E-state index contributed by atoms with van der Waals surface area (Å²) in [5.74, 6) is -0.603. The van der Waals surface area contributed by atoms with Crippen molar-refractivity contribution < 1.29 is 24.2 Å². The molecule has 0 aromatic heterocycles. The first-order chi connectivity index (χ1) is 14.4. The number of benzene rings is 2. The van der Waals surface area contributed by atoms with Crippen molar-refractivity contribution in [2.24, 2.45) is 0 Å². The van der Waals surface area contributed by atoms with Gasteiger partial charge in [0.2, 0.25) is 0 Å². The van der Waals surface area contributed by atoms with Gasteiger partial charge in [0.15, 0.2) is 23.6 Å². The molecule has 0 radical (unpaired) electrons. The number of aryl methyl sites for hydroxylation is 1. The first-order valence-electron chi connectivity index (χ1n) is 9.16. The summed E-state index contributed by atoms with van der Waals surface area (Å²) in [6, 6.07) is 11.5. The molecule has 3 rings (SSSR count). The van der Waals surface area contributed by atoms with Crippen LogP contribution >= 0.6 is 27.7 Å². The highest BCUT2D eigenvalue weighted by atomic mass is 79.9. The van der Waals surface area contributed by atoms with Gasteiger partial charge in [0.1, 0.15) is 0 Å². The van der Waals surface area contributed by atoms with Crippen LogP contribution < -0.4 is 20.1 Å². The zero-order valence-corrected chi connectivity index (χ0v) is 18.8. The molecule has 9 heteroatoms. The Morgan fingerprint density at radius 2 is 2.07 bits per heavy atom. The van der Waals surface area contributed by atoms with Crippen LogP contribution in [0.4, 0.5) is 5.69 Å². The average molecular weight is 493 g/mol. The summed E-state index contributed by atoms with van der Waals surface area (Å²) in [6.45, 7) is 1.62. The normalized spacial score (nSPS) is 17.0. The summed E-state index contributed by atoms with van der Waals surface area (Å²) in [6.07, 6.45) is 2.72. The maximum atomic E-state index is 12.4. The molecule has 0 saturated carbocycles. The molecule has 3 N–H and O–H groups in total. The topological polar surface area (TPSA) is 96.9 Å². The third-order valence-electron chi connectivity index (χ3n) is 4.28. The van der Waals surface area contributed by atoms with Gasteiger partial charge in [-0.25, -0.2) is 4.79 Å². The third kappa shape index (κ3) is 5.48. The molecule has 0 aliphatic carbocycles. The van der Waals surface area contributed by atoms with Crippen molar-refractivity contribution >= 4 is 51.3 Å². The van der Waals surface area contributed by atoms with Gasteiger partial charge in [0.05, 0.1) is 16.5 Å². The Balaban J connectivity index is 1.74. The Bertz CT molecular complexity index is 978. The van der Waals surface area contributed by atoms with Crippen LogP contribution in [-0.2, 0) is 16.0 Å². The number of hydrogen-bond acceptors (Lipinski definition) is 6. The summed E-state index contributed by atoms with van der Waals surface area (Å²) in [5.41, 5.74) is 2.61. The van der Waals surface area contributed by atoms with E-state index in [9.17, 15) is 9.59 Å². The predicted octanol–water partition coefficient (Wildman–Crippen LogP) is 4.08. The first kappa shape index (κ1) is 22.0. The standard InChI is InChI=1S/C21H21BrN2O5S/c1-3-12-4-6-14(7-5-12)23-21-24-20(27)17(30-21)10-13-8-15(22)19(16(9-13)28-2)29-11-18(25)26/h4-10,21,23H,3,11H2,1-2H3,(H,24,27)(H,25,26)/b17-10-/t21-/m1/s1. The number of rotatable bonds is 8. The molecule has 1 aliphatic rings. The summed E-state index contributed by atoms with van der Waals surface area (Å²) in [5, 5.41) is 15.0. The van der Waals surface area contributed by atoms with Crippen LogP contribution in [-0.4, -0.2) is 36.2 Å². The van der Waals surface area contributed by atoms with Gasteiger partial charge in [-0.05, 0) is 63.8 Å². The van der Waals surface area contributed by atoms with Crippen molar-refractivity contribution in [1.29, 1.82) is 0 Å². The third-order valence-corrected chi connectivity index (χ3v) is 5.90. The van der Waals surface area contributed by atoms with Crippen molar-refractivity contribution in [3.05, 3.63) is 56.9 Å². The molecule has 2 aromatic carbocycles. The molecule has 0 unspecified atom stereocenters. The van der Waals surface area contributed by atoms with E-state index in [1.807, 2.05) is 12.1 Å². The number of ether oxygens (including phenoxy) is 2. The van der Waals surface area contributed by atoms with Crippen LogP contribution in [0.1, 0.15) is 18.1 Å². The van der Waals surface area contributed by atoms with E-state index in [0.717, 1.165) is 12.1 Å². The van der Waals surface area contributed by atoms with E-state index in [0.29, 0.717) is 26.4 Å². The number of carbonyl (C=O) groups excluding carboxylic acids is 1. The maximum Gasteiger partial charge on any atom is 0.341 e. The fraction of sp³-hybridized carbons (Fsp3) is 0.238. The lowest BCUT2D eigenvalue weighted by Crippen LogP contribution is -2.30. The van der Waals surface area contributed by atoms with Crippen molar-refractivity contribution in [2.75, 3.05) is 19.0 Å². The largest absolute Gasteiger partial charge is 0.493 e. The van der Waals surface area contributed by atoms with Crippen molar-refractivity contribution in [3.63, 3.8) is 0 Å². The second-order valence-electron chi connectivity index (χ2n) is 6.39. The van der Waals surface area contributed by atoms with E-state index in [4.69, 9.17) is 14.6 Å². The molecule has 30 heavy (non-hydrogen) atoms. The van der Waals surface area contributed by atoms with Gasteiger partial charge in [-0.2, -0.15) is 0 Å². The van der Waals surface area contributed by atoms with E-state index in [2.05, 4.69) is 45.6 Å². The van der Waals surface area contributed by atoms with E-state index in [1.54, 1.807) is 18.2 Å². The zero-order chi connectivity index (χ0) is 21.7. The molecule has 2 aromatic rings. The molecule has 1 heterocycles. The van der Waals surface area contributed by atoms with E-state index in [1.165, 1.54) is 24.4 Å². The molecular weight excluding hydrogens is 472 g/mol. The highest BCUT2D eigenvalue weighted by Crippen LogP contribution is 2.38. The van der Waals surface area contributed by atoms with Crippen LogP contribution in [0.5, 0.6) is 11.5 Å². The molecule has 7 nitrogen and oxygen atoms in total. The summed E-state index contributed by atoms with van der Waals surface area (Å²) >= 11 is 4.75. The number of thioether (sulfide) groups is 1. The maximum absolute atomic E-state index is 12.4. The minimum atomic E-state index is -1.09. The number of aliphatic carboxylic acids is 1. The zero-order valence-electron chi connectivity index (χ0n) is 16.4. The second kappa shape index (κ2) is 9.90. The fourth-order valence-corrected chi connectivity index (χ4v) is 4.36. The fourth-order valence-electron chi connectivity index (χ4n) is 2.80. The van der Waals surface area contributed by atoms with Crippen molar-refractivity contribution in [1.82, 2.24) is 5.32 Å². The molecule has 0 spiro atoms. The van der Waals surface area contributed by atoms with Crippen LogP contribution in [0.25, 0.3) is 6.08 Å². The average Bonchev–Trinajstić information content (AvgIpc) is 3.05. The van der Waals surface area contributed by atoms with Gasteiger partial charge in [-0.1, -0.05) is 30.8 Å². The number of carboxylic acids is 1. The molecule has 1 atom stereocenters. The number of amides is 1. The molecule has 158 valence electrons. The van der Waals surface area contributed by atoms with E-state index < -0.39 is 12.6 Å².